The minimum atomic E-state index is -4.09. The maximum Gasteiger partial charge on any atom is 0.264 e. The van der Waals surface area contributed by atoms with Crippen molar-refractivity contribution in [3.63, 3.8) is 0 Å². The predicted octanol–water partition coefficient (Wildman–Crippen LogP) is 4.88. The number of hydrogen-bond acceptors (Lipinski definition) is 4. The lowest BCUT2D eigenvalue weighted by Crippen LogP contribution is -2.50. The first kappa shape index (κ1) is 27.9. The van der Waals surface area contributed by atoms with Crippen molar-refractivity contribution < 1.29 is 18.0 Å². The summed E-state index contributed by atoms with van der Waals surface area (Å²) in [5.41, 5.74) is 2.04. The third-order valence-corrected chi connectivity index (χ3v) is 8.41. The van der Waals surface area contributed by atoms with Gasteiger partial charge < -0.3 is 10.2 Å². The predicted molar refractivity (Wildman–Crippen MR) is 148 cm³/mol. The van der Waals surface area contributed by atoms with Crippen molar-refractivity contribution in [1.82, 2.24) is 10.2 Å². The van der Waals surface area contributed by atoms with Crippen LogP contribution in [0.1, 0.15) is 18.1 Å². The van der Waals surface area contributed by atoms with E-state index >= 15 is 0 Å². The van der Waals surface area contributed by atoms with Crippen LogP contribution in [0.3, 0.4) is 0 Å². The third-order valence-electron chi connectivity index (χ3n) is 5.64. The number of aryl methyl sites for hydroxylation is 1. The number of halogens is 2. The molecule has 0 heterocycles. The minimum Gasteiger partial charge on any atom is -0.357 e. The lowest BCUT2D eigenvalue weighted by molar-refractivity contribution is -0.139. The van der Waals surface area contributed by atoms with Gasteiger partial charge >= 0.3 is 0 Å². The summed E-state index contributed by atoms with van der Waals surface area (Å²) in [6.07, 6.45) is 0. The van der Waals surface area contributed by atoms with E-state index in [2.05, 4.69) is 37.2 Å². The average Bonchev–Trinajstić information content (AvgIpc) is 2.85. The zero-order chi connectivity index (χ0) is 26.5. The van der Waals surface area contributed by atoms with Crippen LogP contribution in [-0.4, -0.2) is 44.8 Å². The second-order valence-corrected chi connectivity index (χ2v) is 11.9. The Labute approximate surface area is 228 Å². The third kappa shape index (κ3) is 6.74. The number of hydrogen-bond donors (Lipinski definition) is 1. The van der Waals surface area contributed by atoms with E-state index in [1.807, 2.05) is 31.2 Å². The summed E-state index contributed by atoms with van der Waals surface area (Å²) in [5.74, 6) is -0.865. The summed E-state index contributed by atoms with van der Waals surface area (Å²) in [6.45, 7) is 3.13. The number of anilines is 1. The molecule has 2 amide bonds. The highest BCUT2D eigenvalue weighted by Crippen LogP contribution is 2.27. The second-order valence-electron chi connectivity index (χ2n) is 8.25. The van der Waals surface area contributed by atoms with Gasteiger partial charge in [0.1, 0.15) is 12.6 Å². The van der Waals surface area contributed by atoms with Crippen molar-refractivity contribution in [3.05, 3.63) is 92.9 Å². The molecule has 1 N–H and O–H groups in total. The van der Waals surface area contributed by atoms with E-state index in [-0.39, 0.29) is 17.3 Å². The van der Waals surface area contributed by atoms with Gasteiger partial charge in [-0.05, 0) is 61.9 Å². The zero-order valence-corrected chi connectivity index (χ0v) is 24.1. The van der Waals surface area contributed by atoms with Gasteiger partial charge in [0.2, 0.25) is 11.8 Å². The lowest BCUT2D eigenvalue weighted by Gasteiger charge is -2.32. The van der Waals surface area contributed by atoms with Gasteiger partial charge in [0.05, 0.1) is 10.6 Å². The number of carbonyl (C=O) groups is 2. The molecule has 0 radical (unpaired) electrons. The SMILES string of the molecule is CNC(=O)C(C)N(Cc1cccc(Br)c1)C(=O)CN(c1cccc(Br)c1)S(=O)(=O)c1ccc(C)cc1. The van der Waals surface area contributed by atoms with Gasteiger partial charge in [0.15, 0.2) is 0 Å². The summed E-state index contributed by atoms with van der Waals surface area (Å²) in [7, 11) is -2.59. The highest BCUT2D eigenvalue weighted by Gasteiger charge is 2.32. The van der Waals surface area contributed by atoms with Gasteiger partial charge in [-0.15, -0.1) is 0 Å². The number of likely N-dealkylation sites (N-methyl/N-ethyl adjacent to an activating group) is 1. The van der Waals surface area contributed by atoms with Crippen LogP contribution < -0.4 is 9.62 Å². The number of nitrogens with one attached hydrogen (secondary N) is 1. The van der Waals surface area contributed by atoms with Gasteiger partial charge in [-0.2, -0.15) is 0 Å². The molecule has 10 heteroatoms. The maximum absolute atomic E-state index is 13.7. The normalized spacial score (nSPS) is 12.0. The molecule has 0 saturated carbocycles. The molecule has 0 aromatic heterocycles. The van der Waals surface area contributed by atoms with E-state index in [1.54, 1.807) is 43.3 Å². The average molecular weight is 637 g/mol. The van der Waals surface area contributed by atoms with Crippen molar-refractivity contribution >= 4 is 59.4 Å². The van der Waals surface area contributed by atoms with Gasteiger partial charge in [0, 0.05) is 22.5 Å². The van der Waals surface area contributed by atoms with Crippen LogP contribution in [0, 0.1) is 6.92 Å². The van der Waals surface area contributed by atoms with Crippen LogP contribution in [0.15, 0.2) is 86.6 Å². The van der Waals surface area contributed by atoms with E-state index in [0.29, 0.717) is 10.2 Å². The number of carbonyl (C=O) groups excluding carboxylic acids is 2. The highest BCUT2D eigenvalue weighted by molar-refractivity contribution is 9.10. The summed E-state index contributed by atoms with van der Waals surface area (Å²) in [5, 5.41) is 2.57. The first-order valence-electron chi connectivity index (χ1n) is 11.1. The fourth-order valence-corrected chi connectivity index (χ4v) is 5.86. The molecule has 36 heavy (non-hydrogen) atoms. The molecule has 3 rings (SSSR count). The molecule has 0 aliphatic heterocycles. The Bertz CT molecular complexity index is 1350. The standard InChI is InChI=1S/C26H27Br2N3O4S/c1-18-10-12-24(13-11-18)36(34,35)31(23-9-5-8-22(28)15-23)17-25(32)30(19(2)26(33)29-3)16-20-6-4-7-21(27)14-20/h4-15,19H,16-17H2,1-3H3,(H,29,33). The molecule has 0 spiro atoms. The van der Waals surface area contributed by atoms with Crippen molar-refractivity contribution in [3.8, 4) is 0 Å². The van der Waals surface area contributed by atoms with Gasteiger partial charge in [-0.3, -0.25) is 13.9 Å². The molecule has 3 aromatic rings. The zero-order valence-electron chi connectivity index (χ0n) is 20.1. The number of amides is 2. The molecule has 3 aromatic carbocycles. The number of benzene rings is 3. The van der Waals surface area contributed by atoms with Gasteiger partial charge in [0.25, 0.3) is 10.0 Å². The monoisotopic (exact) mass is 635 g/mol. The Hall–Kier alpha value is -2.69. The highest BCUT2D eigenvalue weighted by atomic mass is 79.9. The van der Waals surface area contributed by atoms with Crippen molar-refractivity contribution in [2.45, 2.75) is 31.3 Å². The lowest BCUT2D eigenvalue weighted by atomic mass is 10.1. The van der Waals surface area contributed by atoms with Crippen LogP contribution in [0.4, 0.5) is 5.69 Å². The molecule has 0 aliphatic rings. The summed E-state index contributed by atoms with van der Waals surface area (Å²) in [6, 6.07) is 19.8. The second kappa shape index (κ2) is 12.0. The quantitative estimate of drug-likeness (QED) is 0.363. The molecule has 0 aliphatic carbocycles. The fraction of sp³-hybridized carbons (Fsp3) is 0.231. The van der Waals surface area contributed by atoms with E-state index < -0.39 is 28.5 Å². The molecular weight excluding hydrogens is 610 g/mol. The molecule has 1 unspecified atom stereocenters. The van der Waals surface area contributed by atoms with Crippen LogP contribution in [-0.2, 0) is 26.2 Å². The first-order chi connectivity index (χ1) is 17.0. The Kier molecular flexibility index (Phi) is 9.32. The fourth-order valence-electron chi connectivity index (χ4n) is 3.62. The molecule has 0 fully saturated rings. The smallest absolute Gasteiger partial charge is 0.264 e. The van der Waals surface area contributed by atoms with Gasteiger partial charge in [-0.1, -0.05) is 67.8 Å². The van der Waals surface area contributed by atoms with Crippen LogP contribution in [0.2, 0.25) is 0 Å². The molecule has 1 atom stereocenters. The number of nitrogens with zero attached hydrogens (tertiary/aromatic N) is 2. The summed E-state index contributed by atoms with van der Waals surface area (Å²) < 4.78 is 30.0. The maximum atomic E-state index is 13.7. The number of sulfonamides is 1. The molecule has 7 nitrogen and oxygen atoms in total. The molecular formula is C26H27Br2N3O4S. The first-order valence-corrected chi connectivity index (χ1v) is 14.2. The van der Waals surface area contributed by atoms with E-state index in [1.165, 1.54) is 24.1 Å². The van der Waals surface area contributed by atoms with E-state index in [4.69, 9.17) is 0 Å². The summed E-state index contributed by atoms with van der Waals surface area (Å²) >= 11 is 6.82. The minimum absolute atomic E-state index is 0.0683. The topological polar surface area (TPSA) is 86.8 Å². The van der Waals surface area contributed by atoms with Crippen molar-refractivity contribution in [2.24, 2.45) is 0 Å². The van der Waals surface area contributed by atoms with E-state index in [9.17, 15) is 18.0 Å². The number of rotatable bonds is 9. The van der Waals surface area contributed by atoms with Crippen LogP contribution in [0.5, 0.6) is 0 Å². The largest absolute Gasteiger partial charge is 0.357 e. The summed E-state index contributed by atoms with van der Waals surface area (Å²) in [4.78, 5) is 27.7. The molecule has 190 valence electrons. The Balaban J connectivity index is 2.03. The Morgan fingerprint density at radius 3 is 2.14 bits per heavy atom. The van der Waals surface area contributed by atoms with Crippen molar-refractivity contribution in [1.29, 1.82) is 0 Å². The van der Waals surface area contributed by atoms with Crippen molar-refractivity contribution in [2.75, 3.05) is 17.9 Å². The molecule has 0 saturated heterocycles. The Morgan fingerprint density at radius 1 is 0.944 bits per heavy atom. The van der Waals surface area contributed by atoms with Gasteiger partial charge in [-0.25, -0.2) is 8.42 Å². The van der Waals surface area contributed by atoms with Crippen LogP contribution in [0.25, 0.3) is 0 Å². The van der Waals surface area contributed by atoms with Crippen LogP contribution >= 0.6 is 31.9 Å². The Morgan fingerprint density at radius 2 is 1.56 bits per heavy atom. The van der Waals surface area contributed by atoms with E-state index in [0.717, 1.165) is 19.9 Å². The molecule has 0 bridgehead atoms.